The summed E-state index contributed by atoms with van der Waals surface area (Å²) in [4.78, 5) is 4.06. The van der Waals surface area contributed by atoms with E-state index in [4.69, 9.17) is 5.73 Å². The van der Waals surface area contributed by atoms with E-state index in [2.05, 4.69) is 31.0 Å². The third kappa shape index (κ3) is 1.43. The SMILES string of the molecule is CC(C)c1ccc2c(N)nccc2c1. The number of anilines is 1. The van der Waals surface area contributed by atoms with E-state index >= 15 is 0 Å². The highest BCUT2D eigenvalue weighted by Crippen LogP contribution is 2.23. The number of fused-ring (bicyclic) bond motifs is 1. The van der Waals surface area contributed by atoms with Crippen molar-refractivity contribution in [1.82, 2.24) is 4.98 Å². The van der Waals surface area contributed by atoms with Gasteiger partial charge in [-0.2, -0.15) is 0 Å². The number of rotatable bonds is 1. The van der Waals surface area contributed by atoms with Crippen molar-refractivity contribution in [2.45, 2.75) is 19.8 Å². The second kappa shape index (κ2) is 3.29. The van der Waals surface area contributed by atoms with Gasteiger partial charge in [0.1, 0.15) is 5.82 Å². The summed E-state index contributed by atoms with van der Waals surface area (Å²) in [7, 11) is 0. The van der Waals surface area contributed by atoms with E-state index in [9.17, 15) is 0 Å². The maximum atomic E-state index is 5.77. The van der Waals surface area contributed by atoms with Crippen molar-refractivity contribution in [3.63, 3.8) is 0 Å². The van der Waals surface area contributed by atoms with E-state index in [-0.39, 0.29) is 0 Å². The van der Waals surface area contributed by atoms with Crippen LogP contribution in [0, 0.1) is 0 Å². The Morgan fingerprint density at radius 1 is 1.21 bits per heavy atom. The average Bonchev–Trinajstić information content (AvgIpc) is 2.17. The van der Waals surface area contributed by atoms with Gasteiger partial charge in [0.15, 0.2) is 0 Å². The highest BCUT2D eigenvalue weighted by Gasteiger charge is 2.02. The van der Waals surface area contributed by atoms with E-state index in [1.54, 1.807) is 6.20 Å². The van der Waals surface area contributed by atoms with Crippen LogP contribution < -0.4 is 5.73 Å². The predicted octanol–water partition coefficient (Wildman–Crippen LogP) is 2.94. The first kappa shape index (κ1) is 9.00. The van der Waals surface area contributed by atoms with Crippen LogP contribution in [0.2, 0.25) is 0 Å². The molecule has 0 aliphatic carbocycles. The Labute approximate surface area is 83.8 Å². The van der Waals surface area contributed by atoms with Crippen LogP contribution in [0.25, 0.3) is 10.8 Å². The van der Waals surface area contributed by atoms with Crippen LogP contribution in [-0.4, -0.2) is 4.98 Å². The second-order valence-corrected chi connectivity index (χ2v) is 3.83. The van der Waals surface area contributed by atoms with Crippen molar-refractivity contribution < 1.29 is 0 Å². The predicted molar refractivity (Wildman–Crippen MR) is 60.2 cm³/mol. The Balaban J connectivity index is 2.67. The number of nitrogens with zero attached hydrogens (tertiary/aromatic N) is 1. The molecule has 0 atom stereocenters. The standard InChI is InChI=1S/C12H14N2/c1-8(2)9-3-4-11-10(7-9)5-6-14-12(11)13/h3-8H,1-2H3,(H2,13,14). The molecule has 0 aliphatic heterocycles. The van der Waals surface area contributed by atoms with Crippen molar-refractivity contribution in [2.75, 3.05) is 5.73 Å². The molecule has 1 heterocycles. The number of hydrogen-bond donors (Lipinski definition) is 1. The van der Waals surface area contributed by atoms with Crippen LogP contribution >= 0.6 is 0 Å². The molecule has 0 unspecified atom stereocenters. The van der Waals surface area contributed by atoms with E-state index in [0.29, 0.717) is 11.7 Å². The van der Waals surface area contributed by atoms with Gasteiger partial charge in [-0.3, -0.25) is 0 Å². The van der Waals surface area contributed by atoms with E-state index < -0.39 is 0 Å². The first-order valence-corrected chi connectivity index (χ1v) is 4.82. The zero-order valence-electron chi connectivity index (χ0n) is 8.49. The zero-order valence-corrected chi connectivity index (χ0v) is 8.49. The molecule has 2 rings (SSSR count). The summed E-state index contributed by atoms with van der Waals surface area (Å²) in [5, 5.41) is 2.21. The average molecular weight is 186 g/mol. The third-order valence-corrected chi connectivity index (χ3v) is 2.49. The number of aromatic nitrogens is 1. The van der Waals surface area contributed by atoms with Crippen molar-refractivity contribution in [1.29, 1.82) is 0 Å². The smallest absolute Gasteiger partial charge is 0.131 e. The van der Waals surface area contributed by atoms with Gasteiger partial charge in [0.2, 0.25) is 0 Å². The molecule has 2 nitrogen and oxygen atoms in total. The molecular weight excluding hydrogens is 172 g/mol. The van der Waals surface area contributed by atoms with Crippen molar-refractivity contribution in [2.24, 2.45) is 0 Å². The van der Waals surface area contributed by atoms with Gasteiger partial charge in [-0.15, -0.1) is 0 Å². The van der Waals surface area contributed by atoms with Gasteiger partial charge in [-0.25, -0.2) is 4.98 Å². The minimum atomic E-state index is 0.550. The molecule has 0 amide bonds. The fourth-order valence-corrected chi connectivity index (χ4v) is 1.58. The molecule has 2 aromatic rings. The lowest BCUT2D eigenvalue weighted by Crippen LogP contribution is -1.92. The molecule has 0 fully saturated rings. The molecule has 0 radical (unpaired) electrons. The maximum absolute atomic E-state index is 5.77. The Kier molecular flexibility index (Phi) is 2.12. The Bertz CT molecular complexity index is 461. The Morgan fingerprint density at radius 3 is 2.71 bits per heavy atom. The molecule has 2 heteroatoms. The monoisotopic (exact) mass is 186 g/mol. The van der Waals surface area contributed by atoms with Crippen molar-refractivity contribution in [3.05, 3.63) is 36.0 Å². The lowest BCUT2D eigenvalue weighted by atomic mass is 10.00. The van der Waals surface area contributed by atoms with Gasteiger partial charge in [-0.1, -0.05) is 32.0 Å². The van der Waals surface area contributed by atoms with Gasteiger partial charge in [0.25, 0.3) is 0 Å². The summed E-state index contributed by atoms with van der Waals surface area (Å²) < 4.78 is 0. The zero-order chi connectivity index (χ0) is 10.1. The lowest BCUT2D eigenvalue weighted by molar-refractivity contribution is 0.869. The summed E-state index contributed by atoms with van der Waals surface area (Å²) in [6.45, 7) is 4.37. The topological polar surface area (TPSA) is 38.9 Å². The lowest BCUT2D eigenvalue weighted by Gasteiger charge is -2.07. The summed E-state index contributed by atoms with van der Waals surface area (Å²) in [5.41, 5.74) is 7.11. The van der Waals surface area contributed by atoms with Crippen molar-refractivity contribution in [3.8, 4) is 0 Å². The number of benzene rings is 1. The summed E-state index contributed by atoms with van der Waals surface area (Å²) in [6.07, 6.45) is 1.75. The molecule has 0 aliphatic rings. The minimum Gasteiger partial charge on any atom is -0.383 e. The van der Waals surface area contributed by atoms with Crippen LogP contribution in [0.4, 0.5) is 5.82 Å². The molecule has 0 saturated heterocycles. The fraction of sp³-hybridized carbons (Fsp3) is 0.250. The van der Waals surface area contributed by atoms with Crippen molar-refractivity contribution >= 4 is 16.6 Å². The third-order valence-electron chi connectivity index (χ3n) is 2.49. The van der Waals surface area contributed by atoms with E-state index in [1.807, 2.05) is 12.1 Å². The van der Waals surface area contributed by atoms with Gasteiger partial charge in [-0.05, 0) is 22.9 Å². The highest BCUT2D eigenvalue weighted by atomic mass is 14.8. The van der Waals surface area contributed by atoms with Gasteiger partial charge in [0.05, 0.1) is 0 Å². The van der Waals surface area contributed by atoms with E-state index in [0.717, 1.165) is 5.39 Å². The molecular formula is C12H14N2. The normalized spacial score (nSPS) is 11.1. The summed E-state index contributed by atoms with van der Waals surface area (Å²) in [6, 6.07) is 8.34. The molecule has 14 heavy (non-hydrogen) atoms. The maximum Gasteiger partial charge on any atom is 0.131 e. The molecule has 1 aromatic carbocycles. The molecule has 0 bridgehead atoms. The molecule has 1 aromatic heterocycles. The first-order chi connectivity index (χ1) is 6.68. The quantitative estimate of drug-likeness (QED) is 0.743. The minimum absolute atomic E-state index is 0.550. The first-order valence-electron chi connectivity index (χ1n) is 4.82. The van der Waals surface area contributed by atoms with Crippen LogP contribution in [-0.2, 0) is 0 Å². The number of pyridine rings is 1. The fourth-order valence-electron chi connectivity index (χ4n) is 1.58. The van der Waals surface area contributed by atoms with Crippen LogP contribution in [0.1, 0.15) is 25.3 Å². The van der Waals surface area contributed by atoms with Gasteiger partial charge in [0, 0.05) is 11.6 Å². The highest BCUT2D eigenvalue weighted by molar-refractivity contribution is 5.91. The van der Waals surface area contributed by atoms with Gasteiger partial charge < -0.3 is 5.73 Å². The number of hydrogen-bond acceptors (Lipinski definition) is 2. The van der Waals surface area contributed by atoms with Gasteiger partial charge >= 0.3 is 0 Å². The van der Waals surface area contributed by atoms with Crippen LogP contribution in [0.5, 0.6) is 0 Å². The second-order valence-electron chi connectivity index (χ2n) is 3.83. The Morgan fingerprint density at radius 2 is 2.00 bits per heavy atom. The summed E-state index contributed by atoms with van der Waals surface area (Å²) >= 11 is 0. The summed E-state index contributed by atoms with van der Waals surface area (Å²) in [5.74, 6) is 1.16. The number of nitrogen functional groups attached to an aromatic ring is 1. The molecule has 2 N–H and O–H groups in total. The molecule has 72 valence electrons. The molecule has 0 saturated carbocycles. The largest absolute Gasteiger partial charge is 0.383 e. The molecule has 0 spiro atoms. The van der Waals surface area contributed by atoms with E-state index in [1.165, 1.54) is 10.9 Å². The van der Waals surface area contributed by atoms with Crippen LogP contribution in [0.15, 0.2) is 30.5 Å². The van der Waals surface area contributed by atoms with Crippen LogP contribution in [0.3, 0.4) is 0 Å². The Hall–Kier alpha value is -1.57. The number of nitrogens with two attached hydrogens (primary N) is 1.